The lowest BCUT2D eigenvalue weighted by atomic mass is 9.80. The summed E-state index contributed by atoms with van der Waals surface area (Å²) in [6.45, 7) is 3.59. The van der Waals surface area contributed by atoms with E-state index >= 15 is 0 Å². The highest BCUT2D eigenvalue weighted by molar-refractivity contribution is 6.09. The molecule has 2 aromatic rings. The number of fused-ring (bicyclic) bond motifs is 2. The number of carbonyl (C=O) groups is 3. The number of anilines is 2. The molecule has 2 aromatic carbocycles. The Bertz CT molecular complexity index is 1210. The number of carbonyl (C=O) groups excluding carboxylic acids is 3. The normalized spacial score (nSPS) is 21.8. The molecule has 7 nitrogen and oxygen atoms in total. The molecule has 0 bridgehead atoms. The summed E-state index contributed by atoms with van der Waals surface area (Å²) in [5.41, 5.74) is -0.107. The van der Waals surface area contributed by atoms with Gasteiger partial charge in [-0.1, -0.05) is 32.0 Å². The van der Waals surface area contributed by atoms with Crippen molar-refractivity contribution >= 4 is 29.1 Å². The van der Waals surface area contributed by atoms with E-state index < -0.39 is 40.8 Å². The van der Waals surface area contributed by atoms with Gasteiger partial charge in [-0.2, -0.15) is 5.26 Å². The molecule has 4 rings (SSSR count). The highest BCUT2D eigenvalue weighted by Gasteiger charge is 2.56. The number of nitrogens with one attached hydrogen (secondary N) is 2. The number of rotatable bonds is 5. The SMILES string of the molecule is CC(C)CC(C(=O)Nc1cc(F)ccc1F)C(=O)N1C[C@]2(C[C@H]1C#N)C(=O)Nc1ccccc12. The van der Waals surface area contributed by atoms with E-state index in [1.165, 1.54) is 4.90 Å². The van der Waals surface area contributed by atoms with Crippen molar-refractivity contribution < 1.29 is 23.2 Å². The van der Waals surface area contributed by atoms with Crippen molar-refractivity contribution in [3.63, 3.8) is 0 Å². The molecule has 3 amide bonds. The first kappa shape index (κ1) is 23.4. The molecule has 2 aliphatic heterocycles. The maximum Gasteiger partial charge on any atom is 0.237 e. The van der Waals surface area contributed by atoms with Gasteiger partial charge < -0.3 is 15.5 Å². The van der Waals surface area contributed by atoms with Crippen LogP contribution in [0.5, 0.6) is 0 Å². The summed E-state index contributed by atoms with van der Waals surface area (Å²) < 4.78 is 27.7. The summed E-state index contributed by atoms with van der Waals surface area (Å²) in [7, 11) is 0. The summed E-state index contributed by atoms with van der Waals surface area (Å²) in [5.74, 6) is -4.60. The number of hydrogen-bond acceptors (Lipinski definition) is 4. The molecule has 1 unspecified atom stereocenters. The molecule has 0 aliphatic carbocycles. The smallest absolute Gasteiger partial charge is 0.237 e. The number of likely N-dealkylation sites (tertiary alicyclic amines) is 1. The molecule has 2 N–H and O–H groups in total. The van der Waals surface area contributed by atoms with E-state index in [-0.39, 0.29) is 36.9 Å². The van der Waals surface area contributed by atoms with Gasteiger partial charge in [-0.25, -0.2) is 8.78 Å². The summed E-state index contributed by atoms with van der Waals surface area (Å²) in [5, 5.41) is 14.9. The van der Waals surface area contributed by atoms with Gasteiger partial charge in [-0.3, -0.25) is 14.4 Å². The van der Waals surface area contributed by atoms with Crippen LogP contribution in [0, 0.1) is 34.8 Å². The van der Waals surface area contributed by atoms with Crippen molar-refractivity contribution in [3.05, 3.63) is 59.7 Å². The largest absolute Gasteiger partial charge is 0.325 e. The van der Waals surface area contributed by atoms with Gasteiger partial charge in [0.15, 0.2) is 0 Å². The topological polar surface area (TPSA) is 102 Å². The molecule has 0 aromatic heterocycles. The van der Waals surface area contributed by atoms with E-state index in [4.69, 9.17) is 0 Å². The van der Waals surface area contributed by atoms with E-state index in [1.807, 2.05) is 13.8 Å². The molecule has 34 heavy (non-hydrogen) atoms. The second-order valence-corrected chi connectivity index (χ2v) is 9.19. The molecule has 1 saturated heterocycles. The number of amides is 3. The van der Waals surface area contributed by atoms with Crippen LogP contribution in [0.4, 0.5) is 20.2 Å². The van der Waals surface area contributed by atoms with Gasteiger partial charge in [0.25, 0.3) is 0 Å². The summed E-state index contributed by atoms with van der Waals surface area (Å²) in [6.07, 6.45) is 0.235. The van der Waals surface area contributed by atoms with Crippen LogP contribution in [-0.4, -0.2) is 35.2 Å². The third kappa shape index (κ3) is 4.00. The molecular weight excluding hydrogens is 442 g/mol. The van der Waals surface area contributed by atoms with Crippen LogP contribution in [0.2, 0.25) is 0 Å². The minimum atomic E-state index is -1.24. The zero-order chi connectivity index (χ0) is 24.6. The quantitative estimate of drug-likeness (QED) is 0.658. The predicted octanol–water partition coefficient (Wildman–Crippen LogP) is 3.58. The molecule has 1 spiro atoms. The first-order chi connectivity index (χ1) is 16.2. The molecule has 2 aliphatic rings. The van der Waals surface area contributed by atoms with E-state index in [9.17, 15) is 28.4 Å². The van der Waals surface area contributed by atoms with Gasteiger partial charge >= 0.3 is 0 Å². The van der Waals surface area contributed by atoms with Crippen LogP contribution in [0.25, 0.3) is 0 Å². The minimum Gasteiger partial charge on any atom is -0.325 e. The Morgan fingerprint density at radius 1 is 1.26 bits per heavy atom. The number of para-hydroxylation sites is 1. The Morgan fingerprint density at radius 2 is 2.00 bits per heavy atom. The van der Waals surface area contributed by atoms with Gasteiger partial charge in [0, 0.05) is 24.7 Å². The second kappa shape index (κ2) is 8.86. The maximum absolute atomic E-state index is 14.1. The fourth-order valence-electron chi connectivity index (χ4n) is 4.79. The van der Waals surface area contributed by atoms with E-state index in [0.717, 1.165) is 18.2 Å². The van der Waals surface area contributed by atoms with Crippen LogP contribution in [0.15, 0.2) is 42.5 Å². The Labute approximate surface area is 195 Å². The lowest BCUT2D eigenvalue weighted by Crippen LogP contribution is -2.46. The Morgan fingerprint density at radius 3 is 2.71 bits per heavy atom. The van der Waals surface area contributed by atoms with E-state index in [0.29, 0.717) is 11.3 Å². The Kier molecular flexibility index (Phi) is 6.09. The minimum absolute atomic E-state index is 0.0525. The predicted molar refractivity (Wildman–Crippen MR) is 120 cm³/mol. The lowest BCUT2D eigenvalue weighted by molar-refractivity contribution is -0.141. The number of hydrogen-bond donors (Lipinski definition) is 2. The van der Waals surface area contributed by atoms with Crippen molar-refractivity contribution in [2.45, 2.75) is 38.1 Å². The van der Waals surface area contributed by atoms with Crippen molar-refractivity contribution in [2.24, 2.45) is 11.8 Å². The molecule has 3 atom stereocenters. The number of nitrogens with zero attached hydrogens (tertiary/aromatic N) is 2. The van der Waals surface area contributed by atoms with Gasteiger partial charge in [-0.15, -0.1) is 0 Å². The molecule has 0 saturated carbocycles. The molecule has 1 fully saturated rings. The van der Waals surface area contributed by atoms with Crippen LogP contribution in [-0.2, 0) is 19.8 Å². The lowest BCUT2D eigenvalue weighted by Gasteiger charge is -2.27. The van der Waals surface area contributed by atoms with Gasteiger partial charge in [0.2, 0.25) is 17.7 Å². The Hall–Kier alpha value is -3.80. The molecule has 0 radical (unpaired) electrons. The van der Waals surface area contributed by atoms with Crippen molar-refractivity contribution in [2.75, 3.05) is 17.2 Å². The number of benzene rings is 2. The highest BCUT2D eigenvalue weighted by Crippen LogP contribution is 2.46. The van der Waals surface area contributed by atoms with Gasteiger partial charge in [-0.05, 0) is 36.1 Å². The van der Waals surface area contributed by atoms with E-state index in [2.05, 4.69) is 16.7 Å². The van der Waals surface area contributed by atoms with Crippen LogP contribution in [0.3, 0.4) is 0 Å². The first-order valence-corrected chi connectivity index (χ1v) is 11.0. The van der Waals surface area contributed by atoms with E-state index in [1.54, 1.807) is 24.3 Å². The molecule has 9 heteroatoms. The van der Waals surface area contributed by atoms with Crippen molar-refractivity contribution in [1.29, 1.82) is 5.26 Å². The molecule has 176 valence electrons. The molecular formula is C25H24F2N4O3. The second-order valence-electron chi connectivity index (χ2n) is 9.19. The fraction of sp³-hybridized carbons (Fsp3) is 0.360. The van der Waals surface area contributed by atoms with Crippen LogP contribution < -0.4 is 10.6 Å². The highest BCUT2D eigenvalue weighted by atomic mass is 19.1. The number of nitriles is 1. The monoisotopic (exact) mass is 466 g/mol. The van der Waals surface area contributed by atoms with Crippen molar-refractivity contribution in [3.8, 4) is 6.07 Å². The standard InChI is InChI=1S/C25H24F2N4O3/c1-14(2)9-17(22(32)29-21-10-15(26)7-8-19(21)27)23(33)31-13-25(11-16(31)12-28)18-5-3-4-6-20(18)30-24(25)34/h3-8,10,14,16-17H,9,11,13H2,1-2H3,(H,29,32)(H,30,34)/t16-,17?,25-/m0/s1. The van der Waals surface area contributed by atoms with Gasteiger partial charge in [0.05, 0.1) is 17.2 Å². The van der Waals surface area contributed by atoms with Gasteiger partial charge in [0.1, 0.15) is 23.6 Å². The zero-order valence-corrected chi connectivity index (χ0v) is 18.8. The zero-order valence-electron chi connectivity index (χ0n) is 18.8. The molecule has 2 heterocycles. The third-order valence-electron chi connectivity index (χ3n) is 6.42. The average Bonchev–Trinajstić information content (AvgIpc) is 3.32. The van der Waals surface area contributed by atoms with Crippen LogP contribution in [0.1, 0.15) is 32.3 Å². The van der Waals surface area contributed by atoms with Crippen molar-refractivity contribution in [1.82, 2.24) is 4.90 Å². The third-order valence-corrected chi connectivity index (χ3v) is 6.42. The summed E-state index contributed by atoms with van der Waals surface area (Å²) >= 11 is 0. The first-order valence-electron chi connectivity index (χ1n) is 11.0. The average molecular weight is 466 g/mol. The fourth-order valence-corrected chi connectivity index (χ4v) is 4.79. The summed E-state index contributed by atoms with van der Waals surface area (Å²) in [4.78, 5) is 40.9. The number of halogens is 2. The summed E-state index contributed by atoms with van der Waals surface area (Å²) in [6, 6.07) is 10.9. The Balaban J connectivity index is 1.64. The maximum atomic E-state index is 14.1. The van der Waals surface area contributed by atoms with Crippen LogP contribution >= 0.6 is 0 Å².